The fourth-order valence-corrected chi connectivity index (χ4v) is 4.68. The number of fused-ring (bicyclic) bond motifs is 1. The van der Waals surface area contributed by atoms with Gasteiger partial charge in [-0.2, -0.15) is 0 Å². The average molecular weight is 465 g/mol. The molecule has 1 atom stereocenters. The third kappa shape index (κ3) is 4.53. The van der Waals surface area contributed by atoms with E-state index in [2.05, 4.69) is 22.1 Å². The van der Waals surface area contributed by atoms with E-state index in [0.717, 1.165) is 47.3 Å². The SMILES string of the molecule is CCN1CC=NC1Cc1ccc(NC(=O)C(=O)c2c(-c3ccccc3C)cc3ccccn23)cc1. The van der Waals surface area contributed by atoms with E-state index in [1.54, 1.807) is 4.40 Å². The zero-order chi connectivity index (χ0) is 24.4. The number of hydrogen-bond donors (Lipinski definition) is 1. The first-order valence-corrected chi connectivity index (χ1v) is 11.9. The zero-order valence-corrected chi connectivity index (χ0v) is 19.9. The third-order valence-corrected chi connectivity index (χ3v) is 6.59. The third-order valence-electron chi connectivity index (χ3n) is 6.59. The molecule has 1 N–H and O–H groups in total. The molecular weight excluding hydrogens is 436 g/mol. The second-order valence-electron chi connectivity index (χ2n) is 8.80. The number of carbonyl (C=O) groups excluding carboxylic acids is 2. The Labute approximate surface area is 204 Å². The Bertz CT molecular complexity index is 1420. The number of ketones is 1. The number of benzene rings is 2. The van der Waals surface area contributed by atoms with Crippen LogP contribution in [0.5, 0.6) is 0 Å². The minimum absolute atomic E-state index is 0.157. The molecule has 0 bridgehead atoms. The van der Waals surface area contributed by atoms with E-state index in [0.29, 0.717) is 11.4 Å². The number of likely N-dealkylation sites (N-methyl/N-ethyl adjacent to an activating group) is 1. The fourth-order valence-electron chi connectivity index (χ4n) is 4.68. The number of Topliss-reactive ketones (excluding diaryl/α,β-unsaturated/α-hetero) is 1. The monoisotopic (exact) mass is 464 g/mol. The predicted molar refractivity (Wildman–Crippen MR) is 140 cm³/mol. The highest BCUT2D eigenvalue weighted by molar-refractivity contribution is 6.47. The Kier molecular flexibility index (Phi) is 6.29. The van der Waals surface area contributed by atoms with Gasteiger partial charge in [-0.3, -0.25) is 19.5 Å². The van der Waals surface area contributed by atoms with E-state index in [1.165, 1.54) is 0 Å². The van der Waals surface area contributed by atoms with Crippen LogP contribution in [0.25, 0.3) is 16.6 Å². The summed E-state index contributed by atoms with van der Waals surface area (Å²) in [6, 6.07) is 23.2. The van der Waals surface area contributed by atoms with Crippen LogP contribution in [0, 0.1) is 6.92 Å². The molecule has 0 fully saturated rings. The van der Waals surface area contributed by atoms with Crippen molar-refractivity contribution in [3.63, 3.8) is 0 Å². The molecule has 5 rings (SSSR count). The molecule has 4 aromatic rings. The number of amides is 1. The second-order valence-corrected chi connectivity index (χ2v) is 8.80. The lowest BCUT2D eigenvalue weighted by Gasteiger charge is -2.21. The Morgan fingerprint density at radius 3 is 2.54 bits per heavy atom. The molecule has 0 aliphatic carbocycles. The van der Waals surface area contributed by atoms with Crippen molar-refractivity contribution < 1.29 is 9.59 Å². The van der Waals surface area contributed by atoms with Crippen LogP contribution in [0.3, 0.4) is 0 Å². The summed E-state index contributed by atoms with van der Waals surface area (Å²) in [5.74, 6) is -1.23. The summed E-state index contributed by atoms with van der Waals surface area (Å²) in [4.78, 5) is 33.4. The van der Waals surface area contributed by atoms with Crippen molar-refractivity contribution >= 4 is 29.1 Å². The molecule has 0 saturated heterocycles. The maximum Gasteiger partial charge on any atom is 0.298 e. The topological polar surface area (TPSA) is 66.2 Å². The molecule has 6 nitrogen and oxygen atoms in total. The highest BCUT2D eigenvalue weighted by atomic mass is 16.2. The summed E-state index contributed by atoms with van der Waals surface area (Å²) in [5, 5.41) is 2.79. The van der Waals surface area contributed by atoms with Gasteiger partial charge in [0.2, 0.25) is 0 Å². The van der Waals surface area contributed by atoms with Crippen molar-refractivity contribution in [2.24, 2.45) is 4.99 Å². The Balaban J connectivity index is 1.38. The van der Waals surface area contributed by atoms with Crippen molar-refractivity contribution in [2.45, 2.75) is 26.4 Å². The summed E-state index contributed by atoms with van der Waals surface area (Å²) in [6.07, 6.45) is 4.75. The van der Waals surface area contributed by atoms with Crippen molar-refractivity contribution in [3.8, 4) is 11.1 Å². The molecule has 0 spiro atoms. The molecule has 3 heterocycles. The molecule has 0 saturated carbocycles. The van der Waals surface area contributed by atoms with Crippen LogP contribution in [-0.4, -0.2) is 46.5 Å². The van der Waals surface area contributed by atoms with Gasteiger partial charge in [0, 0.05) is 42.1 Å². The van der Waals surface area contributed by atoms with Gasteiger partial charge in [0.1, 0.15) is 11.9 Å². The molecule has 1 unspecified atom stereocenters. The van der Waals surface area contributed by atoms with Crippen LogP contribution in [0.2, 0.25) is 0 Å². The molecule has 2 aromatic heterocycles. The van der Waals surface area contributed by atoms with Crippen LogP contribution in [-0.2, 0) is 11.2 Å². The number of hydrogen-bond acceptors (Lipinski definition) is 4. The largest absolute Gasteiger partial charge is 0.319 e. The Hall–Kier alpha value is -4.03. The molecule has 35 heavy (non-hydrogen) atoms. The first-order chi connectivity index (χ1) is 17.0. The van der Waals surface area contributed by atoms with Gasteiger partial charge in [-0.1, -0.05) is 49.4 Å². The van der Waals surface area contributed by atoms with Crippen LogP contribution < -0.4 is 5.32 Å². The van der Waals surface area contributed by atoms with Crippen molar-refractivity contribution in [1.29, 1.82) is 0 Å². The summed E-state index contributed by atoms with van der Waals surface area (Å²) < 4.78 is 1.79. The van der Waals surface area contributed by atoms with Crippen LogP contribution in [0.15, 0.2) is 84.0 Å². The summed E-state index contributed by atoms with van der Waals surface area (Å²) in [6.45, 7) is 5.98. The maximum absolute atomic E-state index is 13.4. The Morgan fingerprint density at radius 2 is 1.77 bits per heavy atom. The van der Waals surface area contributed by atoms with E-state index in [1.807, 2.05) is 92.1 Å². The van der Waals surface area contributed by atoms with E-state index in [-0.39, 0.29) is 6.17 Å². The molecule has 2 aromatic carbocycles. The summed E-state index contributed by atoms with van der Waals surface area (Å²) in [7, 11) is 0. The van der Waals surface area contributed by atoms with Gasteiger partial charge in [-0.05, 0) is 60.5 Å². The first kappa shape index (κ1) is 22.7. The number of nitrogens with zero attached hydrogens (tertiary/aromatic N) is 3. The van der Waals surface area contributed by atoms with Crippen LogP contribution >= 0.6 is 0 Å². The number of rotatable bonds is 7. The van der Waals surface area contributed by atoms with Gasteiger partial charge in [-0.15, -0.1) is 0 Å². The summed E-state index contributed by atoms with van der Waals surface area (Å²) >= 11 is 0. The van der Waals surface area contributed by atoms with Gasteiger partial charge in [0.15, 0.2) is 0 Å². The second kappa shape index (κ2) is 9.68. The fraction of sp³-hybridized carbons (Fsp3) is 0.207. The molecule has 176 valence electrons. The van der Waals surface area contributed by atoms with Gasteiger partial charge >= 0.3 is 0 Å². The number of aromatic nitrogens is 1. The van der Waals surface area contributed by atoms with Gasteiger partial charge in [0.05, 0.1) is 0 Å². The number of aliphatic imine (C=N–C) groups is 1. The Morgan fingerprint density at radius 1 is 1.00 bits per heavy atom. The van der Waals surface area contributed by atoms with Gasteiger partial charge in [-0.25, -0.2) is 0 Å². The predicted octanol–water partition coefficient (Wildman–Crippen LogP) is 5.01. The van der Waals surface area contributed by atoms with E-state index in [9.17, 15) is 9.59 Å². The normalized spacial score (nSPS) is 15.5. The molecular formula is C29H28N4O2. The lowest BCUT2D eigenvalue weighted by atomic mass is 9.99. The van der Waals surface area contributed by atoms with Crippen LogP contribution in [0.4, 0.5) is 5.69 Å². The van der Waals surface area contributed by atoms with E-state index in [4.69, 9.17) is 0 Å². The van der Waals surface area contributed by atoms with Crippen LogP contribution in [0.1, 0.15) is 28.5 Å². The van der Waals surface area contributed by atoms with Crippen molar-refractivity contribution in [2.75, 3.05) is 18.4 Å². The molecule has 1 aliphatic rings. The number of anilines is 1. The average Bonchev–Trinajstić information content (AvgIpc) is 3.49. The van der Waals surface area contributed by atoms with Gasteiger partial charge in [0.25, 0.3) is 11.7 Å². The van der Waals surface area contributed by atoms with Crippen molar-refractivity contribution in [3.05, 3.63) is 95.8 Å². The number of aryl methyl sites for hydroxylation is 1. The smallest absolute Gasteiger partial charge is 0.298 e. The minimum atomic E-state index is -0.658. The first-order valence-electron chi connectivity index (χ1n) is 11.9. The summed E-state index contributed by atoms with van der Waals surface area (Å²) in [5.41, 5.74) is 5.69. The maximum atomic E-state index is 13.4. The van der Waals surface area contributed by atoms with Crippen molar-refractivity contribution in [1.82, 2.24) is 9.30 Å². The van der Waals surface area contributed by atoms with E-state index < -0.39 is 11.7 Å². The lowest BCUT2D eigenvalue weighted by molar-refractivity contribution is -0.112. The number of nitrogens with one attached hydrogen (secondary N) is 1. The molecule has 1 aliphatic heterocycles. The number of pyridine rings is 1. The highest BCUT2D eigenvalue weighted by Gasteiger charge is 2.25. The van der Waals surface area contributed by atoms with Gasteiger partial charge < -0.3 is 9.72 Å². The lowest BCUT2D eigenvalue weighted by Crippen LogP contribution is -2.31. The standard InChI is InChI=1S/C29H28N4O2/c1-3-32-17-15-30-26(32)18-21-11-13-22(14-12-21)31-29(35)28(34)27-25(24-10-5-4-8-20(24)2)19-23-9-6-7-16-33(23)27/h4-16,19,26H,3,17-18H2,1-2H3,(H,31,35). The quantitative estimate of drug-likeness (QED) is 0.309. The van der Waals surface area contributed by atoms with E-state index >= 15 is 0 Å². The number of carbonyl (C=O) groups is 2. The molecule has 1 amide bonds. The molecule has 0 radical (unpaired) electrons. The minimum Gasteiger partial charge on any atom is -0.319 e. The highest BCUT2D eigenvalue weighted by Crippen LogP contribution is 2.31. The zero-order valence-electron chi connectivity index (χ0n) is 19.9. The molecule has 6 heteroatoms.